The molecular formula is C20H27N3O3. The summed E-state index contributed by atoms with van der Waals surface area (Å²) in [7, 11) is 0. The van der Waals surface area contributed by atoms with E-state index in [2.05, 4.69) is 5.32 Å². The minimum absolute atomic E-state index is 0.0136. The van der Waals surface area contributed by atoms with E-state index in [0.717, 1.165) is 37.1 Å². The van der Waals surface area contributed by atoms with Crippen molar-refractivity contribution >= 4 is 17.7 Å². The zero-order valence-electron chi connectivity index (χ0n) is 15.4. The van der Waals surface area contributed by atoms with Crippen LogP contribution in [-0.2, 0) is 4.79 Å². The molecule has 0 saturated carbocycles. The summed E-state index contributed by atoms with van der Waals surface area (Å²) >= 11 is 0. The van der Waals surface area contributed by atoms with Gasteiger partial charge in [0, 0.05) is 37.7 Å². The Kier molecular flexibility index (Phi) is 5.91. The summed E-state index contributed by atoms with van der Waals surface area (Å²) in [4.78, 5) is 40.3. The van der Waals surface area contributed by atoms with Crippen molar-refractivity contribution in [1.29, 1.82) is 0 Å². The normalized spacial score (nSPS) is 18.0. The topological polar surface area (TPSA) is 69.7 Å². The molecule has 2 aliphatic heterocycles. The third-order valence-corrected chi connectivity index (χ3v) is 5.34. The van der Waals surface area contributed by atoms with Crippen LogP contribution in [0, 0.1) is 12.8 Å². The number of Topliss-reactive ketones (excluding diaryl/α,β-unsaturated/α-hetero) is 1. The highest BCUT2D eigenvalue weighted by molar-refractivity contribution is 5.98. The first-order valence-corrected chi connectivity index (χ1v) is 9.46. The molecule has 0 radical (unpaired) electrons. The Bertz CT molecular complexity index is 657. The second kappa shape index (κ2) is 8.34. The van der Waals surface area contributed by atoms with Crippen molar-refractivity contribution in [1.82, 2.24) is 15.1 Å². The van der Waals surface area contributed by atoms with Gasteiger partial charge in [0.15, 0.2) is 5.78 Å². The third-order valence-electron chi connectivity index (χ3n) is 5.34. The molecule has 1 aromatic rings. The van der Waals surface area contributed by atoms with Crippen molar-refractivity contribution in [3.63, 3.8) is 0 Å². The summed E-state index contributed by atoms with van der Waals surface area (Å²) in [5, 5.41) is 2.72. The summed E-state index contributed by atoms with van der Waals surface area (Å²) in [5.41, 5.74) is 1.88. The molecule has 140 valence electrons. The first kappa shape index (κ1) is 18.4. The number of aryl methyl sites for hydroxylation is 1. The van der Waals surface area contributed by atoms with Gasteiger partial charge in [-0.15, -0.1) is 0 Å². The molecule has 3 amide bonds. The molecule has 2 fully saturated rings. The van der Waals surface area contributed by atoms with Crippen molar-refractivity contribution in [3.8, 4) is 0 Å². The average Bonchev–Trinajstić information content (AvgIpc) is 3.21. The van der Waals surface area contributed by atoms with E-state index in [1.807, 2.05) is 31.2 Å². The molecule has 26 heavy (non-hydrogen) atoms. The Morgan fingerprint density at radius 3 is 2.19 bits per heavy atom. The SMILES string of the molecule is Cc1ccc(C(=O)C2CCN(C(=O)NCC(=O)N3CCCC3)CC2)cc1. The van der Waals surface area contributed by atoms with Crippen LogP contribution in [0.1, 0.15) is 41.6 Å². The average molecular weight is 357 g/mol. The summed E-state index contributed by atoms with van der Waals surface area (Å²) in [5.74, 6) is 0.113. The second-order valence-electron chi connectivity index (χ2n) is 7.24. The standard InChI is InChI=1S/C20H27N3O3/c1-15-4-6-16(7-5-15)19(25)17-8-12-23(13-9-17)20(26)21-14-18(24)22-10-2-3-11-22/h4-7,17H,2-3,8-14H2,1H3,(H,21,26). The lowest BCUT2D eigenvalue weighted by molar-refractivity contribution is -0.129. The van der Waals surface area contributed by atoms with Crippen LogP contribution in [0.4, 0.5) is 4.79 Å². The molecule has 3 rings (SSSR count). The first-order valence-electron chi connectivity index (χ1n) is 9.46. The molecule has 6 heteroatoms. The Balaban J connectivity index is 1.44. The number of ketones is 1. The van der Waals surface area contributed by atoms with Gasteiger partial charge in [-0.3, -0.25) is 9.59 Å². The fraction of sp³-hybridized carbons (Fsp3) is 0.550. The molecule has 1 N–H and O–H groups in total. The van der Waals surface area contributed by atoms with Crippen LogP contribution in [-0.4, -0.2) is 60.2 Å². The molecule has 2 aliphatic rings. The number of likely N-dealkylation sites (tertiary alicyclic amines) is 2. The van der Waals surface area contributed by atoms with Crippen LogP contribution >= 0.6 is 0 Å². The molecule has 6 nitrogen and oxygen atoms in total. The number of nitrogens with zero attached hydrogens (tertiary/aromatic N) is 2. The van der Waals surface area contributed by atoms with E-state index in [4.69, 9.17) is 0 Å². The fourth-order valence-electron chi connectivity index (χ4n) is 3.64. The quantitative estimate of drug-likeness (QED) is 0.840. The molecule has 0 aromatic heterocycles. The Morgan fingerprint density at radius 1 is 0.962 bits per heavy atom. The maximum absolute atomic E-state index is 12.6. The maximum atomic E-state index is 12.6. The fourth-order valence-corrected chi connectivity index (χ4v) is 3.64. The Hall–Kier alpha value is -2.37. The van der Waals surface area contributed by atoms with E-state index in [1.165, 1.54) is 0 Å². The van der Waals surface area contributed by atoms with E-state index in [9.17, 15) is 14.4 Å². The van der Waals surface area contributed by atoms with E-state index in [0.29, 0.717) is 25.9 Å². The van der Waals surface area contributed by atoms with Crippen molar-refractivity contribution in [2.24, 2.45) is 5.92 Å². The minimum Gasteiger partial charge on any atom is -0.341 e. The van der Waals surface area contributed by atoms with Crippen LogP contribution in [0.25, 0.3) is 0 Å². The van der Waals surface area contributed by atoms with Gasteiger partial charge in [-0.2, -0.15) is 0 Å². The van der Waals surface area contributed by atoms with Gasteiger partial charge in [0.25, 0.3) is 0 Å². The van der Waals surface area contributed by atoms with Gasteiger partial charge in [-0.25, -0.2) is 4.79 Å². The largest absolute Gasteiger partial charge is 0.341 e. The van der Waals surface area contributed by atoms with E-state index >= 15 is 0 Å². The number of amides is 3. The van der Waals surface area contributed by atoms with Gasteiger partial charge in [-0.05, 0) is 32.6 Å². The number of hydrogen-bond acceptors (Lipinski definition) is 3. The van der Waals surface area contributed by atoms with Crippen LogP contribution in [0.5, 0.6) is 0 Å². The predicted octanol–water partition coefficient (Wildman–Crippen LogP) is 2.22. The molecule has 0 spiro atoms. The van der Waals surface area contributed by atoms with Gasteiger partial charge in [-0.1, -0.05) is 29.8 Å². The molecule has 2 heterocycles. The van der Waals surface area contributed by atoms with Crippen molar-refractivity contribution in [2.75, 3.05) is 32.7 Å². The second-order valence-corrected chi connectivity index (χ2v) is 7.24. The number of piperidine rings is 1. The molecular weight excluding hydrogens is 330 g/mol. The zero-order valence-corrected chi connectivity index (χ0v) is 15.4. The van der Waals surface area contributed by atoms with Gasteiger partial charge < -0.3 is 15.1 Å². The van der Waals surface area contributed by atoms with Crippen molar-refractivity contribution in [3.05, 3.63) is 35.4 Å². The summed E-state index contributed by atoms with van der Waals surface area (Å²) in [6.07, 6.45) is 3.42. The molecule has 0 aliphatic carbocycles. The zero-order chi connectivity index (χ0) is 18.5. The highest BCUT2D eigenvalue weighted by Crippen LogP contribution is 2.22. The van der Waals surface area contributed by atoms with Crippen LogP contribution in [0.15, 0.2) is 24.3 Å². The number of rotatable bonds is 4. The minimum atomic E-state index is -0.209. The molecule has 2 saturated heterocycles. The highest BCUT2D eigenvalue weighted by atomic mass is 16.2. The van der Waals surface area contributed by atoms with Crippen molar-refractivity contribution < 1.29 is 14.4 Å². The highest BCUT2D eigenvalue weighted by Gasteiger charge is 2.28. The first-order chi connectivity index (χ1) is 12.5. The number of hydrogen-bond donors (Lipinski definition) is 1. The van der Waals surface area contributed by atoms with Gasteiger partial charge in [0.1, 0.15) is 0 Å². The van der Waals surface area contributed by atoms with Crippen LogP contribution in [0.3, 0.4) is 0 Å². The number of carbonyl (C=O) groups excluding carboxylic acids is 3. The Labute approximate surface area is 154 Å². The van der Waals surface area contributed by atoms with E-state index in [1.54, 1.807) is 9.80 Å². The van der Waals surface area contributed by atoms with Crippen LogP contribution in [0.2, 0.25) is 0 Å². The molecule has 0 unspecified atom stereocenters. The number of nitrogens with one attached hydrogen (secondary N) is 1. The lowest BCUT2D eigenvalue weighted by Crippen LogP contribution is -2.48. The molecule has 0 bridgehead atoms. The maximum Gasteiger partial charge on any atom is 0.317 e. The van der Waals surface area contributed by atoms with Crippen LogP contribution < -0.4 is 5.32 Å². The number of carbonyl (C=O) groups is 3. The predicted molar refractivity (Wildman–Crippen MR) is 99.0 cm³/mol. The summed E-state index contributed by atoms with van der Waals surface area (Å²) in [6, 6.07) is 7.45. The van der Waals surface area contributed by atoms with Gasteiger partial charge in [0.2, 0.25) is 5.91 Å². The van der Waals surface area contributed by atoms with Gasteiger partial charge >= 0.3 is 6.03 Å². The molecule has 0 atom stereocenters. The van der Waals surface area contributed by atoms with Crippen molar-refractivity contribution in [2.45, 2.75) is 32.6 Å². The summed E-state index contributed by atoms with van der Waals surface area (Å²) in [6.45, 7) is 4.74. The summed E-state index contributed by atoms with van der Waals surface area (Å²) < 4.78 is 0. The monoisotopic (exact) mass is 357 g/mol. The molecule has 1 aromatic carbocycles. The van der Waals surface area contributed by atoms with E-state index in [-0.39, 0.29) is 30.2 Å². The third kappa shape index (κ3) is 4.42. The smallest absolute Gasteiger partial charge is 0.317 e. The number of benzene rings is 1. The lowest BCUT2D eigenvalue weighted by atomic mass is 9.89. The van der Waals surface area contributed by atoms with Gasteiger partial charge in [0.05, 0.1) is 6.54 Å². The lowest BCUT2D eigenvalue weighted by Gasteiger charge is -2.31. The van der Waals surface area contributed by atoms with E-state index < -0.39 is 0 Å². The number of urea groups is 1. The Morgan fingerprint density at radius 2 is 1.58 bits per heavy atom.